The van der Waals surface area contributed by atoms with E-state index in [9.17, 15) is 9.59 Å². The van der Waals surface area contributed by atoms with Crippen LogP contribution in [0.2, 0.25) is 5.02 Å². The van der Waals surface area contributed by atoms with E-state index in [0.29, 0.717) is 11.1 Å². The van der Waals surface area contributed by atoms with Crippen molar-refractivity contribution in [3.8, 4) is 0 Å². The van der Waals surface area contributed by atoms with Crippen molar-refractivity contribution >= 4 is 34.7 Å². The molecule has 5 nitrogen and oxygen atoms in total. The fourth-order valence-electron chi connectivity index (χ4n) is 2.43. The summed E-state index contributed by atoms with van der Waals surface area (Å²) in [6.07, 6.45) is 0. The van der Waals surface area contributed by atoms with Crippen LogP contribution in [-0.4, -0.2) is 17.4 Å². The van der Waals surface area contributed by atoms with Crippen LogP contribution in [0.3, 0.4) is 0 Å². The highest BCUT2D eigenvalue weighted by atomic mass is 35.5. The van der Waals surface area contributed by atoms with Gasteiger partial charge in [-0.1, -0.05) is 41.9 Å². The average Bonchev–Trinajstić information content (AvgIpc) is 2.52. The number of halogens is 1. The van der Waals surface area contributed by atoms with Gasteiger partial charge in [0.15, 0.2) is 5.78 Å². The first kappa shape index (κ1) is 18.8. The molecule has 0 aliphatic heterocycles. The average molecular weight is 361 g/mol. The van der Waals surface area contributed by atoms with Crippen molar-refractivity contribution in [2.45, 2.75) is 33.3 Å². The summed E-state index contributed by atoms with van der Waals surface area (Å²) in [5.41, 5.74) is 12.6. The van der Waals surface area contributed by atoms with Crippen LogP contribution in [0.1, 0.15) is 52.6 Å². The predicted octanol–water partition coefficient (Wildman–Crippen LogP) is 4.00. The fraction of sp³-hybridized carbons (Fsp3) is 0.263. The summed E-state index contributed by atoms with van der Waals surface area (Å²) in [4.78, 5) is 25.2. The lowest BCUT2D eigenvalue weighted by Gasteiger charge is -2.22. The predicted molar refractivity (Wildman–Crippen MR) is 100 cm³/mol. The largest absolute Gasteiger partial charge is 0.456 e. The highest BCUT2D eigenvalue weighted by molar-refractivity contribution is 6.38. The number of carbonyl (C=O) groups excluding carboxylic acids is 2. The van der Waals surface area contributed by atoms with Crippen molar-refractivity contribution in [1.29, 1.82) is 0 Å². The highest BCUT2D eigenvalue weighted by Gasteiger charge is 2.29. The van der Waals surface area contributed by atoms with Crippen LogP contribution >= 0.6 is 11.6 Å². The zero-order valence-corrected chi connectivity index (χ0v) is 15.4. The molecule has 0 amide bonds. The number of nitrogens with two attached hydrogens (primary N) is 2. The maximum Gasteiger partial charge on any atom is 0.340 e. The van der Waals surface area contributed by atoms with E-state index in [0.717, 1.165) is 0 Å². The Kier molecular flexibility index (Phi) is 5.09. The summed E-state index contributed by atoms with van der Waals surface area (Å²) in [7, 11) is 0. The van der Waals surface area contributed by atoms with E-state index in [1.807, 2.05) is 0 Å². The highest BCUT2D eigenvalue weighted by Crippen LogP contribution is 2.37. The van der Waals surface area contributed by atoms with Gasteiger partial charge in [-0.25, -0.2) is 4.79 Å². The lowest BCUT2D eigenvalue weighted by Crippen LogP contribution is -2.25. The molecule has 0 atom stereocenters. The summed E-state index contributed by atoms with van der Waals surface area (Å²) in [6, 6.07) is 8.60. The number of carbonyl (C=O) groups is 2. The molecular formula is C19H21ClN2O3. The van der Waals surface area contributed by atoms with Gasteiger partial charge in [-0.2, -0.15) is 0 Å². The molecule has 0 radical (unpaired) electrons. The minimum Gasteiger partial charge on any atom is -0.456 e. The van der Waals surface area contributed by atoms with Gasteiger partial charge in [-0.3, -0.25) is 4.79 Å². The van der Waals surface area contributed by atoms with E-state index < -0.39 is 11.6 Å². The van der Waals surface area contributed by atoms with Gasteiger partial charge in [0.2, 0.25) is 0 Å². The van der Waals surface area contributed by atoms with Crippen LogP contribution in [0.25, 0.3) is 0 Å². The van der Waals surface area contributed by atoms with Gasteiger partial charge < -0.3 is 16.2 Å². The van der Waals surface area contributed by atoms with Crippen LogP contribution in [0, 0.1) is 6.92 Å². The monoisotopic (exact) mass is 360 g/mol. The van der Waals surface area contributed by atoms with Crippen molar-refractivity contribution < 1.29 is 14.3 Å². The summed E-state index contributed by atoms with van der Waals surface area (Å²) in [5, 5.41) is -0.0276. The second-order valence-electron chi connectivity index (χ2n) is 6.71. The summed E-state index contributed by atoms with van der Waals surface area (Å²) in [6.45, 7) is 6.85. The molecule has 2 rings (SSSR count). The third-order valence-corrected chi connectivity index (χ3v) is 4.03. The molecule has 0 heterocycles. The molecule has 0 saturated heterocycles. The molecule has 0 aromatic heterocycles. The van der Waals surface area contributed by atoms with Crippen LogP contribution < -0.4 is 11.5 Å². The molecule has 0 bridgehead atoms. The Morgan fingerprint density at radius 2 is 1.56 bits per heavy atom. The number of nitrogen functional groups attached to an aromatic ring is 2. The molecule has 25 heavy (non-hydrogen) atoms. The lowest BCUT2D eigenvalue weighted by atomic mass is 9.94. The first-order valence-corrected chi connectivity index (χ1v) is 8.12. The van der Waals surface area contributed by atoms with E-state index in [1.165, 1.54) is 0 Å². The topological polar surface area (TPSA) is 95.4 Å². The number of esters is 1. The zero-order chi connectivity index (χ0) is 18.9. The van der Waals surface area contributed by atoms with Gasteiger partial charge in [-0.15, -0.1) is 0 Å². The smallest absolute Gasteiger partial charge is 0.340 e. The Morgan fingerprint density at radius 1 is 1.00 bits per heavy atom. The molecule has 0 unspecified atom stereocenters. The quantitative estimate of drug-likeness (QED) is 0.490. The number of anilines is 2. The molecule has 2 aromatic carbocycles. The minimum atomic E-state index is -0.699. The van der Waals surface area contributed by atoms with Crippen molar-refractivity contribution in [2.75, 3.05) is 11.5 Å². The Hall–Kier alpha value is -2.53. The van der Waals surface area contributed by atoms with Gasteiger partial charge in [0.25, 0.3) is 0 Å². The number of hydrogen-bond acceptors (Lipinski definition) is 5. The maximum atomic E-state index is 12.8. The van der Waals surface area contributed by atoms with E-state index in [2.05, 4.69) is 0 Å². The maximum absolute atomic E-state index is 12.8. The van der Waals surface area contributed by atoms with Crippen LogP contribution in [0.15, 0.2) is 30.3 Å². The van der Waals surface area contributed by atoms with Gasteiger partial charge >= 0.3 is 5.97 Å². The summed E-state index contributed by atoms with van der Waals surface area (Å²) >= 11 is 6.30. The number of ether oxygens (including phenoxy) is 1. The molecule has 0 aliphatic rings. The SMILES string of the molecule is Cc1c(N)c(C(=O)c2ccccc2)c(N)c(Cl)c1C(=O)OC(C)(C)C. The standard InChI is InChI=1S/C19H21ClN2O3/c1-10-12(18(24)25-19(2,3)4)14(20)16(22)13(15(10)21)17(23)11-8-6-5-7-9-11/h5-9H,21-22H2,1-4H3. The Morgan fingerprint density at radius 3 is 2.08 bits per heavy atom. The van der Waals surface area contributed by atoms with Crippen LogP contribution in [-0.2, 0) is 4.74 Å². The molecule has 2 aromatic rings. The van der Waals surface area contributed by atoms with Crippen LogP contribution in [0.4, 0.5) is 11.4 Å². The third kappa shape index (κ3) is 3.77. The first-order valence-electron chi connectivity index (χ1n) is 7.74. The number of rotatable bonds is 3. The normalized spacial score (nSPS) is 11.2. The Bertz CT molecular complexity index is 811. The number of hydrogen-bond donors (Lipinski definition) is 2. The third-order valence-electron chi connectivity index (χ3n) is 3.64. The van der Waals surface area contributed by atoms with E-state index in [1.54, 1.807) is 58.0 Å². The molecule has 4 N–H and O–H groups in total. The summed E-state index contributed by atoms with van der Waals surface area (Å²) in [5.74, 6) is -0.983. The van der Waals surface area contributed by atoms with E-state index in [-0.39, 0.29) is 33.3 Å². The second-order valence-corrected chi connectivity index (χ2v) is 7.09. The van der Waals surface area contributed by atoms with Crippen molar-refractivity contribution in [2.24, 2.45) is 0 Å². The van der Waals surface area contributed by atoms with E-state index >= 15 is 0 Å². The number of benzene rings is 2. The minimum absolute atomic E-state index is 0.0276. The van der Waals surface area contributed by atoms with Crippen LogP contribution in [0.5, 0.6) is 0 Å². The first-order chi connectivity index (χ1) is 11.5. The molecule has 0 aliphatic carbocycles. The van der Waals surface area contributed by atoms with Gasteiger partial charge in [0, 0.05) is 11.3 Å². The van der Waals surface area contributed by atoms with Gasteiger partial charge in [-0.05, 0) is 33.3 Å². The Balaban J connectivity index is 2.61. The molecule has 0 saturated carbocycles. The zero-order valence-electron chi connectivity index (χ0n) is 14.6. The second kappa shape index (κ2) is 6.76. The van der Waals surface area contributed by atoms with Gasteiger partial charge in [0.05, 0.1) is 21.8 Å². The summed E-state index contributed by atoms with van der Waals surface area (Å²) < 4.78 is 5.36. The lowest BCUT2D eigenvalue weighted by molar-refractivity contribution is 0.00689. The molecule has 132 valence electrons. The molecular weight excluding hydrogens is 340 g/mol. The number of ketones is 1. The van der Waals surface area contributed by atoms with Crippen molar-refractivity contribution in [3.63, 3.8) is 0 Å². The Labute approximate surface area is 151 Å². The van der Waals surface area contributed by atoms with Crippen molar-refractivity contribution in [1.82, 2.24) is 0 Å². The van der Waals surface area contributed by atoms with E-state index in [4.69, 9.17) is 27.8 Å². The van der Waals surface area contributed by atoms with Gasteiger partial charge in [0.1, 0.15) is 5.60 Å². The molecule has 6 heteroatoms. The fourth-order valence-corrected chi connectivity index (χ4v) is 2.74. The van der Waals surface area contributed by atoms with Crippen molar-refractivity contribution in [3.05, 3.63) is 57.6 Å². The molecule has 0 fully saturated rings. The molecule has 0 spiro atoms.